The normalized spacial score (nSPS) is 19.1. The summed E-state index contributed by atoms with van der Waals surface area (Å²) < 4.78 is 0. The largest absolute Gasteiger partial charge is 0.314 e. The lowest BCUT2D eigenvalue weighted by molar-refractivity contribution is 0.181. The zero-order chi connectivity index (χ0) is 12.8. The lowest BCUT2D eigenvalue weighted by Crippen LogP contribution is -2.46. The Balaban J connectivity index is 1.78. The maximum atomic E-state index is 4.37. The number of nitrogens with zero attached hydrogens (tertiary/aromatic N) is 4. The van der Waals surface area contributed by atoms with Crippen molar-refractivity contribution in [3.63, 3.8) is 0 Å². The summed E-state index contributed by atoms with van der Waals surface area (Å²) in [5.41, 5.74) is 1.04. The molecule has 1 saturated heterocycles. The Morgan fingerprint density at radius 2 is 2.17 bits per heavy atom. The molecule has 1 aromatic rings. The van der Waals surface area contributed by atoms with Gasteiger partial charge in [0.1, 0.15) is 0 Å². The fourth-order valence-corrected chi connectivity index (χ4v) is 2.18. The molecule has 0 radical (unpaired) electrons. The smallest absolute Gasteiger partial charge is 0.0755 e. The molecule has 1 aromatic heterocycles. The van der Waals surface area contributed by atoms with Crippen molar-refractivity contribution < 1.29 is 0 Å². The molecule has 0 saturated carbocycles. The highest BCUT2D eigenvalue weighted by molar-refractivity contribution is 5.00. The van der Waals surface area contributed by atoms with Crippen LogP contribution in [0.25, 0.3) is 0 Å². The van der Waals surface area contributed by atoms with Crippen molar-refractivity contribution in [1.82, 2.24) is 25.1 Å². The lowest BCUT2D eigenvalue weighted by atomic mass is 10.2. The molecule has 0 spiro atoms. The molecule has 0 aliphatic carbocycles. The Hall–Kier alpha value is -1.04. The summed E-state index contributed by atoms with van der Waals surface area (Å²) in [5, 5.41) is 3.38. The van der Waals surface area contributed by atoms with Gasteiger partial charge < -0.3 is 5.32 Å². The predicted octanol–water partition coefficient (Wildman–Crippen LogP) is 0.375. The molecule has 2 heterocycles. The van der Waals surface area contributed by atoms with E-state index in [1.54, 1.807) is 12.4 Å². The summed E-state index contributed by atoms with van der Waals surface area (Å²) in [6.45, 7) is 8.93. The summed E-state index contributed by atoms with van der Waals surface area (Å²) >= 11 is 0. The number of piperazine rings is 1. The molecule has 1 aliphatic rings. The van der Waals surface area contributed by atoms with Crippen molar-refractivity contribution >= 4 is 0 Å². The first kappa shape index (κ1) is 13.4. The molecule has 1 unspecified atom stereocenters. The first-order valence-electron chi connectivity index (χ1n) is 6.66. The predicted molar refractivity (Wildman–Crippen MR) is 72.4 cm³/mol. The Labute approximate surface area is 109 Å². The second-order valence-electron chi connectivity index (χ2n) is 4.88. The second kappa shape index (κ2) is 6.78. The average Bonchev–Trinajstić information content (AvgIpc) is 2.46. The first-order valence-corrected chi connectivity index (χ1v) is 6.66. The molecular formula is C13H23N5. The monoisotopic (exact) mass is 249 g/mol. The molecule has 2 rings (SSSR count). The van der Waals surface area contributed by atoms with Gasteiger partial charge in [-0.25, -0.2) is 0 Å². The van der Waals surface area contributed by atoms with E-state index in [9.17, 15) is 0 Å². The molecule has 0 amide bonds. The van der Waals surface area contributed by atoms with Gasteiger partial charge in [0.05, 0.1) is 11.7 Å². The van der Waals surface area contributed by atoms with E-state index in [1.807, 2.05) is 6.20 Å². The van der Waals surface area contributed by atoms with Gasteiger partial charge in [0.15, 0.2) is 0 Å². The van der Waals surface area contributed by atoms with Crippen LogP contribution < -0.4 is 5.32 Å². The molecule has 1 fully saturated rings. The van der Waals surface area contributed by atoms with Crippen molar-refractivity contribution in [2.24, 2.45) is 0 Å². The Kier molecular flexibility index (Phi) is 5.04. The molecular weight excluding hydrogens is 226 g/mol. The van der Waals surface area contributed by atoms with Gasteiger partial charge >= 0.3 is 0 Å². The van der Waals surface area contributed by atoms with Crippen molar-refractivity contribution in [3.8, 4) is 0 Å². The average molecular weight is 249 g/mol. The first-order chi connectivity index (χ1) is 8.77. The minimum atomic E-state index is 0.321. The van der Waals surface area contributed by atoms with Crippen LogP contribution in [0.5, 0.6) is 0 Å². The number of rotatable bonds is 5. The van der Waals surface area contributed by atoms with E-state index in [4.69, 9.17) is 0 Å². The van der Waals surface area contributed by atoms with E-state index in [0.29, 0.717) is 6.04 Å². The summed E-state index contributed by atoms with van der Waals surface area (Å²) in [6, 6.07) is 0.321. The minimum Gasteiger partial charge on any atom is -0.314 e. The third-order valence-corrected chi connectivity index (χ3v) is 3.65. The van der Waals surface area contributed by atoms with Crippen molar-refractivity contribution in [3.05, 3.63) is 24.3 Å². The Bertz CT molecular complexity index is 336. The zero-order valence-electron chi connectivity index (χ0n) is 11.3. The van der Waals surface area contributed by atoms with Gasteiger partial charge in [-0.15, -0.1) is 0 Å². The van der Waals surface area contributed by atoms with Crippen LogP contribution in [-0.4, -0.2) is 66.1 Å². The number of hydrogen-bond acceptors (Lipinski definition) is 5. The van der Waals surface area contributed by atoms with Crippen molar-refractivity contribution in [1.29, 1.82) is 0 Å². The molecule has 1 atom stereocenters. The van der Waals surface area contributed by atoms with Gasteiger partial charge in [0.25, 0.3) is 0 Å². The van der Waals surface area contributed by atoms with Crippen LogP contribution in [0, 0.1) is 0 Å². The number of likely N-dealkylation sites (N-methyl/N-ethyl adjacent to an activating group) is 1. The molecule has 1 N–H and O–H groups in total. The Morgan fingerprint density at radius 1 is 1.39 bits per heavy atom. The van der Waals surface area contributed by atoms with Crippen LogP contribution in [0.15, 0.2) is 18.6 Å². The highest BCUT2D eigenvalue weighted by Crippen LogP contribution is 2.14. The fraction of sp³-hybridized carbons (Fsp3) is 0.692. The van der Waals surface area contributed by atoms with Gasteiger partial charge in [-0.1, -0.05) is 0 Å². The van der Waals surface area contributed by atoms with E-state index < -0.39 is 0 Å². The summed E-state index contributed by atoms with van der Waals surface area (Å²) in [7, 11) is 2.15. The maximum Gasteiger partial charge on any atom is 0.0755 e. The van der Waals surface area contributed by atoms with Crippen LogP contribution in [0.4, 0.5) is 0 Å². The zero-order valence-corrected chi connectivity index (χ0v) is 11.3. The Morgan fingerprint density at radius 3 is 2.83 bits per heavy atom. The highest BCUT2D eigenvalue weighted by atomic mass is 15.2. The molecule has 5 heteroatoms. The lowest BCUT2D eigenvalue weighted by Gasteiger charge is -2.31. The minimum absolute atomic E-state index is 0.321. The second-order valence-corrected chi connectivity index (χ2v) is 4.88. The quantitative estimate of drug-likeness (QED) is 0.817. The van der Waals surface area contributed by atoms with Crippen LogP contribution in [-0.2, 0) is 0 Å². The van der Waals surface area contributed by atoms with Gasteiger partial charge in [-0.3, -0.25) is 19.8 Å². The van der Waals surface area contributed by atoms with Gasteiger partial charge in [0.2, 0.25) is 0 Å². The number of aromatic nitrogens is 2. The van der Waals surface area contributed by atoms with Crippen LogP contribution >= 0.6 is 0 Å². The standard InChI is InChI=1S/C13H23N5/c1-12(13-11-15-3-4-16-13)17(2)9-10-18-7-5-14-6-8-18/h3-4,11-12,14H,5-10H2,1-2H3. The fourth-order valence-electron chi connectivity index (χ4n) is 2.18. The molecule has 1 aliphatic heterocycles. The van der Waals surface area contributed by atoms with E-state index in [1.165, 1.54) is 0 Å². The molecule has 0 aromatic carbocycles. The van der Waals surface area contributed by atoms with Crippen molar-refractivity contribution in [2.75, 3.05) is 46.3 Å². The van der Waals surface area contributed by atoms with E-state index >= 15 is 0 Å². The van der Waals surface area contributed by atoms with Gasteiger partial charge in [-0.05, 0) is 14.0 Å². The highest BCUT2D eigenvalue weighted by Gasteiger charge is 2.15. The number of hydrogen-bond donors (Lipinski definition) is 1. The molecule has 5 nitrogen and oxygen atoms in total. The summed E-state index contributed by atoms with van der Waals surface area (Å²) in [5.74, 6) is 0. The van der Waals surface area contributed by atoms with E-state index in [0.717, 1.165) is 45.0 Å². The van der Waals surface area contributed by atoms with Crippen LogP contribution in [0.1, 0.15) is 18.7 Å². The summed E-state index contributed by atoms with van der Waals surface area (Å²) in [4.78, 5) is 13.3. The van der Waals surface area contributed by atoms with Gasteiger partial charge in [0, 0.05) is 57.9 Å². The number of nitrogens with one attached hydrogen (secondary N) is 1. The third kappa shape index (κ3) is 3.73. The third-order valence-electron chi connectivity index (χ3n) is 3.65. The van der Waals surface area contributed by atoms with Crippen LogP contribution in [0.3, 0.4) is 0 Å². The maximum absolute atomic E-state index is 4.37. The molecule has 18 heavy (non-hydrogen) atoms. The van der Waals surface area contributed by atoms with Gasteiger partial charge in [-0.2, -0.15) is 0 Å². The van der Waals surface area contributed by atoms with E-state index in [-0.39, 0.29) is 0 Å². The van der Waals surface area contributed by atoms with Crippen molar-refractivity contribution in [2.45, 2.75) is 13.0 Å². The molecule has 0 bridgehead atoms. The topological polar surface area (TPSA) is 44.3 Å². The SMILES string of the molecule is CC(c1cnccn1)N(C)CCN1CCNCC1. The summed E-state index contributed by atoms with van der Waals surface area (Å²) in [6.07, 6.45) is 5.33. The van der Waals surface area contributed by atoms with E-state index in [2.05, 4.69) is 39.1 Å². The van der Waals surface area contributed by atoms with Crippen LogP contribution in [0.2, 0.25) is 0 Å². The molecule has 100 valence electrons.